The van der Waals surface area contributed by atoms with Gasteiger partial charge in [-0.1, -0.05) is 28.9 Å². The van der Waals surface area contributed by atoms with E-state index in [1.807, 2.05) is 13.0 Å². The fourth-order valence-electron chi connectivity index (χ4n) is 1.90. The molecule has 0 saturated carbocycles. The van der Waals surface area contributed by atoms with E-state index in [9.17, 15) is 4.79 Å². The standard InChI is InChI=1S/C13H13ClN4O/c1-8-2-3-9(4-11(8)14)13(19)12-7-18(17-16-12)10-5-15-6-10/h2-4,7,10,15H,5-6H2,1H3. The van der Waals surface area contributed by atoms with Crippen LogP contribution in [0.25, 0.3) is 0 Å². The molecule has 2 aromatic rings. The molecule has 0 spiro atoms. The maximum Gasteiger partial charge on any atom is 0.214 e. The number of aromatic nitrogens is 3. The lowest BCUT2D eigenvalue weighted by molar-refractivity contribution is 0.103. The van der Waals surface area contributed by atoms with Crippen LogP contribution in [0.15, 0.2) is 24.4 Å². The molecule has 98 valence electrons. The van der Waals surface area contributed by atoms with Crippen molar-refractivity contribution >= 4 is 17.4 Å². The zero-order valence-corrected chi connectivity index (χ0v) is 11.2. The zero-order valence-electron chi connectivity index (χ0n) is 10.4. The lowest BCUT2D eigenvalue weighted by Gasteiger charge is -2.26. The number of rotatable bonds is 3. The molecule has 1 aromatic heterocycles. The van der Waals surface area contributed by atoms with Crippen LogP contribution in [0.4, 0.5) is 0 Å². The molecule has 6 heteroatoms. The van der Waals surface area contributed by atoms with Crippen LogP contribution in [-0.4, -0.2) is 33.9 Å². The van der Waals surface area contributed by atoms with Crippen LogP contribution in [0.3, 0.4) is 0 Å². The van der Waals surface area contributed by atoms with E-state index in [1.165, 1.54) is 0 Å². The molecular weight excluding hydrogens is 264 g/mol. The number of nitrogens with one attached hydrogen (secondary N) is 1. The Morgan fingerprint density at radius 1 is 1.47 bits per heavy atom. The van der Waals surface area contributed by atoms with E-state index in [-0.39, 0.29) is 5.78 Å². The minimum atomic E-state index is -0.152. The minimum absolute atomic E-state index is 0.152. The van der Waals surface area contributed by atoms with Crippen LogP contribution >= 0.6 is 11.6 Å². The molecule has 1 aromatic carbocycles. The predicted molar refractivity (Wildman–Crippen MR) is 71.6 cm³/mol. The predicted octanol–water partition coefficient (Wildman–Crippen LogP) is 1.62. The van der Waals surface area contributed by atoms with E-state index in [0.29, 0.717) is 22.3 Å². The van der Waals surface area contributed by atoms with Crippen LogP contribution in [0, 0.1) is 6.92 Å². The van der Waals surface area contributed by atoms with Gasteiger partial charge in [0.2, 0.25) is 5.78 Å². The number of nitrogens with zero attached hydrogens (tertiary/aromatic N) is 3. The van der Waals surface area contributed by atoms with Crippen molar-refractivity contribution in [2.24, 2.45) is 0 Å². The summed E-state index contributed by atoms with van der Waals surface area (Å²) in [5.74, 6) is -0.152. The van der Waals surface area contributed by atoms with Gasteiger partial charge in [-0.3, -0.25) is 4.79 Å². The van der Waals surface area contributed by atoms with Crippen LogP contribution in [-0.2, 0) is 0 Å². The molecular formula is C13H13ClN4O. The number of halogens is 1. The van der Waals surface area contributed by atoms with Crippen molar-refractivity contribution in [1.29, 1.82) is 0 Å². The molecule has 1 saturated heterocycles. The molecule has 5 nitrogen and oxygen atoms in total. The molecule has 0 unspecified atom stereocenters. The third-order valence-electron chi connectivity index (χ3n) is 3.31. The Kier molecular flexibility index (Phi) is 3.08. The van der Waals surface area contributed by atoms with Crippen molar-refractivity contribution in [2.45, 2.75) is 13.0 Å². The van der Waals surface area contributed by atoms with Gasteiger partial charge in [-0.15, -0.1) is 5.10 Å². The summed E-state index contributed by atoms with van der Waals surface area (Å²) in [5.41, 5.74) is 1.84. The molecule has 3 rings (SSSR count). The van der Waals surface area contributed by atoms with E-state index in [2.05, 4.69) is 15.6 Å². The second-order valence-corrected chi connectivity index (χ2v) is 5.10. The largest absolute Gasteiger partial charge is 0.312 e. The molecule has 0 radical (unpaired) electrons. The zero-order chi connectivity index (χ0) is 13.4. The number of hydrogen-bond acceptors (Lipinski definition) is 4. The van der Waals surface area contributed by atoms with E-state index in [0.717, 1.165) is 18.7 Å². The Morgan fingerprint density at radius 3 is 2.89 bits per heavy atom. The minimum Gasteiger partial charge on any atom is -0.312 e. The van der Waals surface area contributed by atoms with Gasteiger partial charge in [0.25, 0.3) is 0 Å². The summed E-state index contributed by atoms with van der Waals surface area (Å²) in [4.78, 5) is 12.3. The SMILES string of the molecule is Cc1ccc(C(=O)c2cn(C3CNC3)nn2)cc1Cl. The number of benzene rings is 1. The quantitative estimate of drug-likeness (QED) is 0.866. The van der Waals surface area contributed by atoms with E-state index in [4.69, 9.17) is 11.6 Å². The van der Waals surface area contributed by atoms with Gasteiger partial charge in [-0.25, -0.2) is 4.68 Å². The van der Waals surface area contributed by atoms with E-state index in [1.54, 1.807) is 23.0 Å². The van der Waals surface area contributed by atoms with Crippen molar-refractivity contribution in [3.63, 3.8) is 0 Å². The van der Waals surface area contributed by atoms with Crippen molar-refractivity contribution in [3.05, 3.63) is 46.2 Å². The first-order valence-electron chi connectivity index (χ1n) is 6.08. The van der Waals surface area contributed by atoms with Gasteiger partial charge in [0.05, 0.1) is 12.2 Å². The fourth-order valence-corrected chi connectivity index (χ4v) is 2.08. The van der Waals surface area contributed by atoms with Crippen LogP contribution in [0.1, 0.15) is 27.7 Å². The Labute approximate surface area is 115 Å². The van der Waals surface area contributed by atoms with Gasteiger partial charge >= 0.3 is 0 Å². The maximum absolute atomic E-state index is 12.3. The van der Waals surface area contributed by atoms with Crippen LogP contribution < -0.4 is 5.32 Å². The summed E-state index contributed by atoms with van der Waals surface area (Å²) >= 11 is 6.03. The Morgan fingerprint density at radius 2 is 2.26 bits per heavy atom. The average molecular weight is 277 g/mol. The molecule has 0 atom stereocenters. The van der Waals surface area contributed by atoms with Crippen LogP contribution in [0.2, 0.25) is 5.02 Å². The number of carbonyl (C=O) groups excluding carboxylic acids is 1. The molecule has 19 heavy (non-hydrogen) atoms. The summed E-state index contributed by atoms with van der Waals surface area (Å²) in [6.45, 7) is 3.64. The van der Waals surface area contributed by atoms with Crippen molar-refractivity contribution in [2.75, 3.05) is 13.1 Å². The molecule has 1 aliphatic rings. The average Bonchev–Trinajstić information content (AvgIpc) is 2.79. The molecule has 1 fully saturated rings. The van der Waals surface area contributed by atoms with Crippen molar-refractivity contribution in [1.82, 2.24) is 20.3 Å². The highest BCUT2D eigenvalue weighted by Gasteiger charge is 2.22. The number of hydrogen-bond donors (Lipinski definition) is 1. The second kappa shape index (κ2) is 4.75. The number of aryl methyl sites for hydroxylation is 1. The molecule has 1 N–H and O–H groups in total. The second-order valence-electron chi connectivity index (χ2n) is 4.69. The fraction of sp³-hybridized carbons (Fsp3) is 0.308. The van der Waals surface area contributed by atoms with Gasteiger partial charge in [-0.05, 0) is 18.6 Å². The van der Waals surface area contributed by atoms with Gasteiger partial charge in [0.15, 0.2) is 5.69 Å². The van der Waals surface area contributed by atoms with Gasteiger partial charge < -0.3 is 5.32 Å². The third kappa shape index (κ3) is 2.27. The van der Waals surface area contributed by atoms with Gasteiger partial charge in [0, 0.05) is 23.7 Å². The Balaban J connectivity index is 1.86. The summed E-state index contributed by atoms with van der Waals surface area (Å²) in [6, 6.07) is 5.56. The summed E-state index contributed by atoms with van der Waals surface area (Å²) in [6.07, 6.45) is 1.70. The monoisotopic (exact) mass is 276 g/mol. The van der Waals surface area contributed by atoms with Gasteiger partial charge in [0.1, 0.15) is 0 Å². The summed E-state index contributed by atoms with van der Waals surface area (Å²) < 4.78 is 1.74. The summed E-state index contributed by atoms with van der Waals surface area (Å²) in [7, 11) is 0. The van der Waals surface area contributed by atoms with E-state index < -0.39 is 0 Å². The molecule has 1 aliphatic heterocycles. The smallest absolute Gasteiger partial charge is 0.214 e. The third-order valence-corrected chi connectivity index (χ3v) is 3.72. The highest BCUT2D eigenvalue weighted by molar-refractivity contribution is 6.31. The first-order chi connectivity index (χ1) is 9.15. The molecule has 0 amide bonds. The highest BCUT2D eigenvalue weighted by atomic mass is 35.5. The number of ketones is 1. The van der Waals surface area contributed by atoms with Gasteiger partial charge in [-0.2, -0.15) is 0 Å². The molecule has 0 bridgehead atoms. The van der Waals surface area contributed by atoms with Crippen molar-refractivity contribution in [3.8, 4) is 0 Å². The highest BCUT2D eigenvalue weighted by Crippen LogP contribution is 2.19. The lowest BCUT2D eigenvalue weighted by atomic mass is 10.1. The Hall–Kier alpha value is -1.72. The lowest BCUT2D eigenvalue weighted by Crippen LogP contribution is -2.43. The summed E-state index contributed by atoms with van der Waals surface area (Å²) in [5, 5.41) is 11.7. The van der Waals surface area contributed by atoms with Crippen LogP contribution in [0.5, 0.6) is 0 Å². The molecule has 2 heterocycles. The number of carbonyl (C=O) groups is 1. The Bertz CT molecular complexity index is 633. The molecule has 0 aliphatic carbocycles. The first kappa shape index (κ1) is 12.3. The van der Waals surface area contributed by atoms with Crippen molar-refractivity contribution < 1.29 is 4.79 Å². The topological polar surface area (TPSA) is 59.8 Å². The van der Waals surface area contributed by atoms with E-state index >= 15 is 0 Å². The maximum atomic E-state index is 12.3. The first-order valence-corrected chi connectivity index (χ1v) is 6.46. The normalized spacial score (nSPS) is 15.3.